The molecule has 31 heavy (non-hydrogen) atoms. The van der Waals surface area contributed by atoms with Gasteiger partial charge in [0.05, 0.1) is 31.6 Å². The number of aromatic amines is 1. The van der Waals surface area contributed by atoms with Gasteiger partial charge in [0.2, 0.25) is 0 Å². The zero-order valence-corrected chi connectivity index (χ0v) is 18.6. The van der Waals surface area contributed by atoms with Crippen molar-refractivity contribution in [1.29, 1.82) is 0 Å². The van der Waals surface area contributed by atoms with Crippen molar-refractivity contribution in [3.8, 4) is 11.1 Å². The first kappa shape index (κ1) is 20.0. The number of ether oxygens (including phenoxy) is 1. The van der Waals surface area contributed by atoms with Crippen LogP contribution in [-0.2, 0) is 11.3 Å². The Kier molecular flexibility index (Phi) is 5.34. The minimum atomic E-state index is -0.0176. The van der Waals surface area contributed by atoms with Crippen molar-refractivity contribution in [2.75, 3.05) is 31.2 Å². The van der Waals surface area contributed by atoms with E-state index < -0.39 is 0 Å². The van der Waals surface area contributed by atoms with Crippen molar-refractivity contribution in [1.82, 2.24) is 14.5 Å². The summed E-state index contributed by atoms with van der Waals surface area (Å²) in [5.41, 5.74) is 6.08. The summed E-state index contributed by atoms with van der Waals surface area (Å²) in [7, 11) is 2.87. The third-order valence-electron chi connectivity index (χ3n) is 5.81. The Bertz CT molecular complexity index is 1300. The second-order valence-corrected chi connectivity index (χ2v) is 8.53. The monoisotopic (exact) mass is 432 g/mol. The van der Waals surface area contributed by atoms with Gasteiger partial charge >= 0.3 is 0 Å². The zero-order chi connectivity index (χ0) is 21.4. The number of anilines is 1. The number of hydrogen-bond acceptors (Lipinski definition) is 4. The molecule has 158 valence electrons. The Labute approximate surface area is 183 Å². The van der Waals surface area contributed by atoms with Crippen LogP contribution < -0.4 is 15.8 Å². The molecule has 1 unspecified atom stereocenters. The molecule has 1 aliphatic heterocycles. The molecule has 1 atom stereocenters. The lowest BCUT2D eigenvalue weighted by Gasteiger charge is -2.29. The van der Waals surface area contributed by atoms with Crippen LogP contribution in [0.2, 0.25) is 0 Å². The van der Waals surface area contributed by atoms with E-state index in [4.69, 9.17) is 4.74 Å². The summed E-state index contributed by atoms with van der Waals surface area (Å²) in [5, 5.41) is 2.12. The molecule has 0 aliphatic carbocycles. The number of rotatable bonds is 4. The first-order valence-electron chi connectivity index (χ1n) is 10.4. The molecule has 1 aromatic carbocycles. The number of nitrogens with zero attached hydrogens (tertiary/aromatic N) is 3. The number of morpholine rings is 1. The second-order valence-electron chi connectivity index (χ2n) is 7.95. The fourth-order valence-corrected chi connectivity index (χ4v) is 4.76. The van der Waals surface area contributed by atoms with Crippen LogP contribution in [0, 0.1) is 6.92 Å². The lowest BCUT2D eigenvalue weighted by molar-refractivity contribution is 0.123. The Hall–Kier alpha value is -2.95. The summed E-state index contributed by atoms with van der Waals surface area (Å²) in [6.45, 7) is 5.77. The minimum Gasteiger partial charge on any atom is -0.378 e. The van der Waals surface area contributed by atoms with Crippen LogP contribution in [0.15, 0.2) is 59.8 Å². The van der Waals surface area contributed by atoms with Gasteiger partial charge in [-0.05, 0) is 24.1 Å². The van der Waals surface area contributed by atoms with E-state index in [-0.39, 0.29) is 5.56 Å². The fourth-order valence-electron chi connectivity index (χ4n) is 4.21. The lowest BCUT2D eigenvalue weighted by Crippen LogP contribution is -2.38. The van der Waals surface area contributed by atoms with E-state index in [1.807, 2.05) is 36.8 Å². The number of H-pyrrole nitrogens is 1. The summed E-state index contributed by atoms with van der Waals surface area (Å²) in [5.74, 6) is 0. The summed E-state index contributed by atoms with van der Waals surface area (Å²) >= 11 is 0. The molecule has 3 aromatic heterocycles. The lowest BCUT2D eigenvalue weighted by atomic mass is 10.1. The second kappa shape index (κ2) is 8.29. The van der Waals surface area contributed by atoms with Crippen LogP contribution in [0.1, 0.15) is 11.1 Å². The van der Waals surface area contributed by atoms with Crippen molar-refractivity contribution >= 4 is 31.3 Å². The maximum absolute atomic E-state index is 12.9. The highest BCUT2D eigenvalue weighted by Crippen LogP contribution is 2.30. The summed E-state index contributed by atoms with van der Waals surface area (Å²) in [6, 6.07) is 12.0. The van der Waals surface area contributed by atoms with E-state index in [9.17, 15) is 4.79 Å². The van der Waals surface area contributed by atoms with E-state index in [1.54, 1.807) is 10.6 Å². The molecule has 0 spiro atoms. The highest BCUT2D eigenvalue weighted by Gasteiger charge is 2.19. The maximum Gasteiger partial charge on any atom is 0.251 e. The van der Waals surface area contributed by atoms with Gasteiger partial charge in [0.25, 0.3) is 5.56 Å². The van der Waals surface area contributed by atoms with Crippen molar-refractivity contribution in [3.63, 3.8) is 0 Å². The topological polar surface area (TPSA) is 63.1 Å². The van der Waals surface area contributed by atoms with Crippen molar-refractivity contribution in [2.45, 2.75) is 13.5 Å². The average molecular weight is 432 g/mol. The molecule has 0 bridgehead atoms. The quantitative estimate of drug-likeness (QED) is 0.504. The number of hydrogen-bond donors (Lipinski definition) is 1. The van der Waals surface area contributed by atoms with Gasteiger partial charge in [-0.25, -0.2) is 4.98 Å². The normalized spacial score (nSPS) is 14.3. The summed E-state index contributed by atoms with van der Waals surface area (Å²) in [4.78, 5) is 23.1. The van der Waals surface area contributed by atoms with Crippen LogP contribution in [0.25, 0.3) is 22.2 Å². The van der Waals surface area contributed by atoms with Crippen molar-refractivity contribution in [3.05, 3.63) is 76.5 Å². The molecule has 4 heterocycles. The molecule has 0 amide bonds. The first-order valence-corrected chi connectivity index (χ1v) is 11.0. The SMILES string of the molecule is Cc1cccc(Cn2ccc(-c3c[nH]c4ncc(N5CCOCC5)c(P)c34)cc2=O)c1. The minimum absolute atomic E-state index is 0.0176. The molecule has 0 saturated carbocycles. The van der Waals surface area contributed by atoms with E-state index >= 15 is 0 Å². The van der Waals surface area contributed by atoms with E-state index in [0.717, 1.165) is 65.0 Å². The number of nitrogens with one attached hydrogen (secondary N) is 1. The predicted octanol–water partition coefficient (Wildman–Crippen LogP) is 3.09. The Morgan fingerprint density at radius 1 is 1.19 bits per heavy atom. The van der Waals surface area contributed by atoms with Gasteiger partial charge in [-0.15, -0.1) is 9.24 Å². The Morgan fingerprint density at radius 2 is 2.03 bits per heavy atom. The molecule has 0 radical (unpaired) electrons. The van der Waals surface area contributed by atoms with Gasteiger partial charge < -0.3 is 19.2 Å². The fraction of sp³-hybridized carbons (Fsp3) is 0.250. The third kappa shape index (κ3) is 3.89. The zero-order valence-electron chi connectivity index (χ0n) is 17.5. The summed E-state index contributed by atoms with van der Waals surface area (Å²) in [6.07, 6.45) is 5.73. The molecule has 4 aromatic rings. The van der Waals surface area contributed by atoms with Crippen LogP contribution in [0.3, 0.4) is 0 Å². The third-order valence-corrected chi connectivity index (χ3v) is 6.40. The molecular formula is C24H25N4O2P. The van der Waals surface area contributed by atoms with Crippen LogP contribution in [0.4, 0.5) is 5.69 Å². The number of benzene rings is 1. The molecule has 5 rings (SSSR count). The van der Waals surface area contributed by atoms with Gasteiger partial charge in [-0.3, -0.25) is 4.79 Å². The summed E-state index contributed by atoms with van der Waals surface area (Å²) < 4.78 is 7.23. The number of pyridine rings is 2. The van der Waals surface area contributed by atoms with Gasteiger partial charge in [-0.2, -0.15) is 0 Å². The highest BCUT2D eigenvalue weighted by molar-refractivity contribution is 7.29. The largest absolute Gasteiger partial charge is 0.378 e. The average Bonchev–Trinajstić information content (AvgIpc) is 3.21. The van der Waals surface area contributed by atoms with Gasteiger partial charge in [0, 0.05) is 47.8 Å². The van der Waals surface area contributed by atoms with E-state index in [2.05, 4.69) is 43.2 Å². The Morgan fingerprint density at radius 3 is 2.81 bits per heavy atom. The van der Waals surface area contributed by atoms with Crippen molar-refractivity contribution < 1.29 is 4.74 Å². The molecular weight excluding hydrogens is 407 g/mol. The standard InChI is InChI=1S/C24H25N4O2P/c1-16-3-2-4-17(11-16)15-28-6-5-18(12-21(28)29)19-13-25-24-22(19)23(31)20(14-26-24)27-7-9-30-10-8-27/h2-6,11-14H,7-10,15,31H2,1H3,(H,25,26). The molecule has 6 nitrogen and oxygen atoms in total. The van der Waals surface area contributed by atoms with Crippen molar-refractivity contribution in [2.24, 2.45) is 0 Å². The number of fused-ring (bicyclic) bond motifs is 1. The van der Waals surface area contributed by atoms with E-state index in [0.29, 0.717) is 6.54 Å². The smallest absolute Gasteiger partial charge is 0.251 e. The molecule has 1 aliphatic rings. The first-order chi connectivity index (χ1) is 15.1. The molecule has 1 N–H and O–H groups in total. The van der Waals surface area contributed by atoms with Gasteiger partial charge in [0.1, 0.15) is 5.65 Å². The molecule has 1 fully saturated rings. The molecule has 7 heteroatoms. The predicted molar refractivity (Wildman–Crippen MR) is 128 cm³/mol. The van der Waals surface area contributed by atoms with Crippen LogP contribution in [0.5, 0.6) is 0 Å². The van der Waals surface area contributed by atoms with Gasteiger partial charge in [0.15, 0.2) is 0 Å². The van der Waals surface area contributed by atoms with Crippen LogP contribution in [-0.4, -0.2) is 40.8 Å². The maximum atomic E-state index is 12.9. The number of aromatic nitrogens is 3. The number of aryl methyl sites for hydroxylation is 1. The highest BCUT2D eigenvalue weighted by atomic mass is 31.0. The van der Waals surface area contributed by atoms with E-state index in [1.165, 1.54) is 5.56 Å². The Balaban J connectivity index is 1.52. The van der Waals surface area contributed by atoms with Gasteiger partial charge in [-0.1, -0.05) is 29.8 Å². The molecule has 1 saturated heterocycles. The van der Waals surface area contributed by atoms with Crippen LogP contribution >= 0.6 is 9.24 Å².